The highest BCUT2D eigenvalue weighted by molar-refractivity contribution is 9.10. The maximum Gasteiger partial charge on any atom is 0.125 e. The lowest BCUT2D eigenvalue weighted by atomic mass is 10.0. The number of rotatable bonds is 1. The second kappa shape index (κ2) is 5.56. The minimum absolute atomic E-state index is 0.0173. The van der Waals surface area contributed by atoms with Crippen molar-refractivity contribution in [3.8, 4) is 5.75 Å². The summed E-state index contributed by atoms with van der Waals surface area (Å²) in [6.07, 6.45) is 1.71. The van der Waals surface area contributed by atoms with Crippen LogP contribution in [-0.4, -0.2) is 5.38 Å². The van der Waals surface area contributed by atoms with Crippen LogP contribution in [-0.2, 0) is 6.42 Å². The second-order valence-corrected chi connectivity index (χ2v) is 6.34. The third kappa shape index (κ3) is 2.96. The van der Waals surface area contributed by atoms with Crippen molar-refractivity contribution in [3.63, 3.8) is 0 Å². The zero-order valence-electron chi connectivity index (χ0n) is 10.4. The highest BCUT2D eigenvalue weighted by Gasteiger charge is 2.24. The smallest absolute Gasteiger partial charge is 0.125 e. The summed E-state index contributed by atoms with van der Waals surface area (Å²) in [5.41, 5.74) is 2.36. The van der Waals surface area contributed by atoms with Crippen LogP contribution in [0.25, 0.3) is 0 Å². The van der Waals surface area contributed by atoms with Crippen molar-refractivity contribution in [2.75, 3.05) is 0 Å². The number of fused-ring (bicyclic) bond motifs is 1. The summed E-state index contributed by atoms with van der Waals surface area (Å²) in [7, 11) is 0. The van der Waals surface area contributed by atoms with E-state index in [4.69, 9.17) is 16.3 Å². The predicted molar refractivity (Wildman–Crippen MR) is 81.9 cm³/mol. The lowest BCUT2D eigenvalue weighted by Crippen LogP contribution is -2.11. The van der Waals surface area contributed by atoms with Crippen LogP contribution in [0.15, 0.2) is 53.0 Å². The Morgan fingerprint density at radius 2 is 1.95 bits per heavy atom. The molecule has 1 heterocycles. The van der Waals surface area contributed by atoms with Gasteiger partial charge in [-0.3, -0.25) is 0 Å². The van der Waals surface area contributed by atoms with Gasteiger partial charge >= 0.3 is 0 Å². The van der Waals surface area contributed by atoms with Crippen LogP contribution >= 0.6 is 27.5 Å². The first-order chi connectivity index (χ1) is 9.22. The van der Waals surface area contributed by atoms with Crippen LogP contribution in [0.1, 0.15) is 23.7 Å². The van der Waals surface area contributed by atoms with Crippen molar-refractivity contribution in [2.24, 2.45) is 0 Å². The van der Waals surface area contributed by atoms with Gasteiger partial charge in [-0.1, -0.05) is 46.3 Å². The van der Waals surface area contributed by atoms with Crippen molar-refractivity contribution >= 4 is 27.5 Å². The van der Waals surface area contributed by atoms with Crippen LogP contribution < -0.4 is 4.74 Å². The summed E-state index contributed by atoms with van der Waals surface area (Å²) < 4.78 is 7.23. The van der Waals surface area contributed by atoms with Gasteiger partial charge in [0.1, 0.15) is 11.9 Å². The molecular formula is C16H14BrClO. The summed E-state index contributed by atoms with van der Waals surface area (Å²) in [5.74, 6) is 0.954. The van der Waals surface area contributed by atoms with E-state index in [-0.39, 0.29) is 11.5 Å². The zero-order valence-corrected chi connectivity index (χ0v) is 12.7. The van der Waals surface area contributed by atoms with Gasteiger partial charge in [-0.05, 0) is 35.7 Å². The minimum atomic E-state index is 0.0173. The fourth-order valence-electron chi connectivity index (χ4n) is 2.45. The molecule has 3 heteroatoms. The average molecular weight is 338 g/mol. The van der Waals surface area contributed by atoms with Crippen molar-refractivity contribution in [3.05, 3.63) is 64.1 Å². The molecule has 0 spiro atoms. The number of alkyl halides is 1. The molecule has 2 aromatic carbocycles. The molecule has 0 radical (unpaired) electrons. The molecule has 0 aliphatic carbocycles. The van der Waals surface area contributed by atoms with Crippen molar-refractivity contribution in [2.45, 2.75) is 24.3 Å². The van der Waals surface area contributed by atoms with E-state index in [1.165, 1.54) is 5.56 Å². The van der Waals surface area contributed by atoms with Gasteiger partial charge in [0.2, 0.25) is 0 Å². The summed E-state index contributed by atoms with van der Waals surface area (Å²) in [5, 5.41) is 0.104. The van der Waals surface area contributed by atoms with E-state index in [0.717, 1.165) is 28.6 Å². The highest BCUT2D eigenvalue weighted by Crippen LogP contribution is 2.35. The molecule has 2 aromatic rings. The minimum Gasteiger partial charge on any atom is -0.485 e. The average Bonchev–Trinajstić information content (AvgIpc) is 2.56. The maximum atomic E-state index is 6.44. The molecule has 98 valence electrons. The van der Waals surface area contributed by atoms with Gasteiger partial charge in [0.25, 0.3) is 0 Å². The number of ether oxygens (including phenoxy) is 1. The maximum absolute atomic E-state index is 6.44. The van der Waals surface area contributed by atoms with Crippen molar-refractivity contribution in [1.82, 2.24) is 0 Å². The van der Waals surface area contributed by atoms with Gasteiger partial charge in [-0.25, -0.2) is 0 Å². The molecule has 2 atom stereocenters. The van der Waals surface area contributed by atoms with E-state index in [9.17, 15) is 0 Å². The topological polar surface area (TPSA) is 9.23 Å². The third-order valence-corrected chi connectivity index (χ3v) is 4.20. The summed E-state index contributed by atoms with van der Waals surface area (Å²) >= 11 is 9.95. The Labute approximate surface area is 126 Å². The Morgan fingerprint density at radius 3 is 2.79 bits per heavy atom. The lowest BCUT2D eigenvalue weighted by molar-refractivity contribution is 0.201. The van der Waals surface area contributed by atoms with Gasteiger partial charge in [0.15, 0.2) is 0 Å². The molecule has 1 aliphatic heterocycles. The van der Waals surface area contributed by atoms with Crippen LogP contribution in [0.2, 0.25) is 0 Å². The monoisotopic (exact) mass is 336 g/mol. The number of benzene rings is 2. The molecule has 0 N–H and O–H groups in total. The van der Waals surface area contributed by atoms with Crippen LogP contribution in [0.3, 0.4) is 0 Å². The van der Waals surface area contributed by atoms with Gasteiger partial charge in [-0.15, -0.1) is 11.6 Å². The van der Waals surface area contributed by atoms with E-state index in [2.05, 4.69) is 34.1 Å². The zero-order chi connectivity index (χ0) is 13.2. The quantitative estimate of drug-likeness (QED) is 0.656. The van der Waals surface area contributed by atoms with E-state index >= 15 is 0 Å². The highest BCUT2D eigenvalue weighted by atomic mass is 79.9. The summed E-state index contributed by atoms with van der Waals surface area (Å²) in [4.78, 5) is 0. The molecule has 1 aliphatic rings. The summed E-state index contributed by atoms with van der Waals surface area (Å²) in [6.45, 7) is 0. The number of halogens is 2. The molecule has 0 fully saturated rings. The van der Waals surface area contributed by atoms with Gasteiger partial charge in [-0.2, -0.15) is 0 Å². The van der Waals surface area contributed by atoms with Crippen molar-refractivity contribution < 1.29 is 4.74 Å². The molecule has 0 saturated heterocycles. The van der Waals surface area contributed by atoms with E-state index < -0.39 is 0 Å². The van der Waals surface area contributed by atoms with Crippen LogP contribution in [0.4, 0.5) is 0 Å². The van der Waals surface area contributed by atoms with E-state index in [0.29, 0.717) is 0 Å². The van der Waals surface area contributed by atoms with Gasteiger partial charge in [0, 0.05) is 16.3 Å². The Bertz CT molecular complexity index is 584. The Kier molecular flexibility index (Phi) is 3.81. The standard InChI is InChI=1S/C16H14BrClO/c17-13-6-3-5-11(8-13)16-10-14(18)9-12-4-1-2-7-15(12)19-16/h1-8,14,16H,9-10H2/t14-,16-/m0/s1. The van der Waals surface area contributed by atoms with Gasteiger partial charge in [0.05, 0.1) is 0 Å². The Hall–Kier alpha value is -0.990. The molecule has 3 rings (SSSR count). The van der Waals surface area contributed by atoms with E-state index in [1.54, 1.807) is 0 Å². The number of para-hydroxylation sites is 1. The fraction of sp³-hybridized carbons (Fsp3) is 0.250. The largest absolute Gasteiger partial charge is 0.485 e. The summed E-state index contributed by atoms with van der Waals surface area (Å²) in [6, 6.07) is 16.4. The lowest BCUT2D eigenvalue weighted by Gasteiger charge is -2.19. The molecule has 0 bridgehead atoms. The van der Waals surface area contributed by atoms with Crippen LogP contribution in [0.5, 0.6) is 5.75 Å². The molecule has 0 aromatic heterocycles. The first kappa shape index (κ1) is 13.0. The normalized spacial score (nSPS) is 22.2. The predicted octanol–water partition coefficient (Wildman–Crippen LogP) is 5.12. The Morgan fingerprint density at radius 1 is 1.11 bits per heavy atom. The Balaban J connectivity index is 1.95. The second-order valence-electron chi connectivity index (χ2n) is 4.81. The number of hydrogen-bond donors (Lipinski definition) is 0. The molecular weight excluding hydrogens is 324 g/mol. The van der Waals surface area contributed by atoms with Crippen molar-refractivity contribution in [1.29, 1.82) is 0 Å². The third-order valence-electron chi connectivity index (χ3n) is 3.37. The van der Waals surface area contributed by atoms with Crippen LogP contribution in [0, 0.1) is 0 Å². The first-order valence-corrected chi connectivity index (χ1v) is 7.59. The molecule has 1 nitrogen and oxygen atoms in total. The van der Waals surface area contributed by atoms with E-state index in [1.807, 2.05) is 30.3 Å². The molecule has 0 amide bonds. The molecule has 19 heavy (non-hydrogen) atoms. The SMILES string of the molecule is Cl[C@H]1Cc2ccccc2O[C@H](c2cccc(Br)c2)C1. The molecule has 0 unspecified atom stereocenters. The number of hydrogen-bond acceptors (Lipinski definition) is 1. The fourth-order valence-corrected chi connectivity index (χ4v) is 3.20. The van der Waals surface area contributed by atoms with Gasteiger partial charge < -0.3 is 4.74 Å². The molecule has 0 saturated carbocycles. The first-order valence-electron chi connectivity index (χ1n) is 6.36.